The van der Waals surface area contributed by atoms with Crippen LogP contribution in [0.5, 0.6) is 0 Å². The molecule has 0 unspecified atom stereocenters. The van der Waals surface area contributed by atoms with Crippen molar-refractivity contribution >= 4 is 0 Å². The normalized spacial score (nSPS) is 10.8. The van der Waals surface area contributed by atoms with Crippen molar-refractivity contribution < 1.29 is 4.52 Å². The van der Waals surface area contributed by atoms with Gasteiger partial charge in [-0.3, -0.25) is 0 Å². The van der Waals surface area contributed by atoms with Crippen molar-refractivity contribution in [1.29, 1.82) is 0 Å². The largest absolute Gasteiger partial charge is 0.340 e. The highest BCUT2D eigenvalue weighted by Gasteiger charge is 2.01. The van der Waals surface area contributed by atoms with Gasteiger partial charge < -0.3 is 9.84 Å². The van der Waals surface area contributed by atoms with Crippen LogP contribution < -0.4 is 5.32 Å². The summed E-state index contributed by atoms with van der Waals surface area (Å²) in [5.41, 5.74) is 2.20. The van der Waals surface area contributed by atoms with Crippen LogP contribution in [0, 0.1) is 0 Å². The number of benzene rings is 1. The Bertz CT molecular complexity index is 633. The fourth-order valence-corrected chi connectivity index (χ4v) is 1.91. The molecule has 0 bridgehead atoms. The summed E-state index contributed by atoms with van der Waals surface area (Å²) in [5, 5.41) is 11.2. The average molecular weight is 269 g/mol. The first-order valence-corrected chi connectivity index (χ1v) is 6.47. The molecule has 3 rings (SSSR count). The number of hydrogen-bond acceptors (Lipinski definition) is 5. The first-order chi connectivity index (χ1) is 9.92. The maximum Gasteiger partial charge on any atom is 0.227 e. The van der Waals surface area contributed by atoms with Gasteiger partial charge in [-0.15, -0.1) is 0 Å². The van der Waals surface area contributed by atoms with Gasteiger partial charge in [0.05, 0.1) is 11.9 Å². The molecule has 3 aromatic rings. The zero-order valence-corrected chi connectivity index (χ0v) is 10.9. The van der Waals surface area contributed by atoms with E-state index in [0.29, 0.717) is 5.89 Å². The lowest BCUT2D eigenvalue weighted by Gasteiger charge is -2.01. The van der Waals surface area contributed by atoms with E-state index in [9.17, 15) is 0 Å². The Morgan fingerprint density at radius 1 is 1.20 bits per heavy atom. The molecular weight excluding hydrogens is 254 g/mol. The van der Waals surface area contributed by atoms with Gasteiger partial charge in [-0.2, -0.15) is 10.1 Å². The molecule has 0 aliphatic carbocycles. The third-order valence-corrected chi connectivity index (χ3v) is 2.91. The van der Waals surface area contributed by atoms with Gasteiger partial charge in [-0.05, 0) is 12.1 Å². The van der Waals surface area contributed by atoms with E-state index in [1.54, 1.807) is 0 Å². The second kappa shape index (κ2) is 6.12. The minimum Gasteiger partial charge on any atom is -0.340 e. The molecule has 0 saturated heterocycles. The van der Waals surface area contributed by atoms with Crippen molar-refractivity contribution in [2.75, 3.05) is 6.54 Å². The zero-order valence-electron chi connectivity index (χ0n) is 10.9. The summed E-state index contributed by atoms with van der Waals surface area (Å²) in [6.07, 6.45) is 6.04. The molecule has 0 aliphatic rings. The number of para-hydroxylation sites is 1. The Hall–Kier alpha value is -2.47. The maximum absolute atomic E-state index is 4.93. The molecule has 0 radical (unpaired) electrons. The van der Waals surface area contributed by atoms with Gasteiger partial charge in [0.15, 0.2) is 6.33 Å². The van der Waals surface area contributed by atoms with Crippen LogP contribution in [0.3, 0.4) is 0 Å². The van der Waals surface area contributed by atoms with Crippen LogP contribution >= 0.6 is 0 Å². The molecule has 2 aromatic heterocycles. The predicted molar refractivity (Wildman–Crippen MR) is 73.3 cm³/mol. The third kappa shape index (κ3) is 3.10. The highest BCUT2D eigenvalue weighted by molar-refractivity contribution is 5.30. The smallest absolute Gasteiger partial charge is 0.227 e. The van der Waals surface area contributed by atoms with Crippen LogP contribution in [0.1, 0.15) is 11.5 Å². The quantitative estimate of drug-likeness (QED) is 0.688. The van der Waals surface area contributed by atoms with E-state index in [0.717, 1.165) is 30.8 Å². The van der Waals surface area contributed by atoms with Crippen LogP contribution in [-0.4, -0.2) is 26.5 Å². The SMILES string of the molecule is c1ccc(-n2cc(CNCCc3ncno3)cn2)cc1. The van der Waals surface area contributed by atoms with E-state index in [1.807, 2.05) is 47.4 Å². The summed E-state index contributed by atoms with van der Waals surface area (Å²) < 4.78 is 6.80. The van der Waals surface area contributed by atoms with Crippen molar-refractivity contribution in [1.82, 2.24) is 25.2 Å². The van der Waals surface area contributed by atoms with E-state index in [1.165, 1.54) is 6.33 Å². The van der Waals surface area contributed by atoms with Gasteiger partial charge in [0.25, 0.3) is 0 Å². The van der Waals surface area contributed by atoms with E-state index < -0.39 is 0 Å². The highest BCUT2D eigenvalue weighted by atomic mass is 16.5. The van der Waals surface area contributed by atoms with Crippen molar-refractivity contribution in [3.63, 3.8) is 0 Å². The Labute approximate surface area is 116 Å². The van der Waals surface area contributed by atoms with Gasteiger partial charge in [0.1, 0.15) is 0 Å². The zero-order chi connectivity index (χ0) is 13.6. The number of nitrogens with zero attached hydrogens (tertiary/aromatic N) is 4. The summed E-state index contributed by atoms with van der Waals surface area (Å²) in [5.74, 6) is 0.650. The number of hydrogen-bond donors (Lipinski definition) is 1. The topological polar surface area (TPSA) is 68.8 Å². The molecule has 6 nitrogen and oxygen atoms in total. The Morgan fingerprint density at radius 3 is 2.90 bits per heavy atom. The van der Waals surface area contributed by atoms with Gasteiger partial charge in [0, 0.05) is 31.3 Å². The van der Waals surface area contributed by atoms with Crippen LogP contribution in [0.15, 0.2) is 53.6 Å². The minimum absolute atomic E-state index is 0.650. The van der Waals surface area contributed by atoms with E-state index in [-0.39, 0.29) is 0 Å². The molecule has 2 heterocycles. The van der Waals surface area contributed by atoms with Gasteiger partial charge >= 0.3 is 0 Å². The summed E-state index contributed by atoms with van der Waals surface area (Å²) in [6, 6.07) is 10.0. The maximum atomic E-state index is 4.93. The summed E-state index contributed by atoms with van der Waals surface area (Å²) in [7, 11) is 0. The van der Waals surface area contributed by atoms with Crippen LogP contribution in [-0.2, 0) is 13.0 Å². The van der Waals surface area contributed by atoms with Gasteiger partial charge in [-0.25, -0.2) is 4.68 Å². The molecule has 0 atom stereocenters. The second-order valence-corrected chi connectivity index (χ2v) is 4.39. The minimum atomic E-state index is 0.650. The molecule has 0 amide bonds. The van der Waals surface area contributed by atoms with Crippen LogP contribution in [0.2, 0.25) is 0 Å². The van der Waals surface area contributed by atoms with E-state index in [4.69, 9.17) is 4.52 Å². The van der Waals surface area contributed by atoms with E-state index in [2.05, 4.69) is 20.6 Å². The third-order valence-electron chi connectivity index (χ3n) is 2.91. The molecule has 1 N–H and O–H groups in total. The number of aromatic nitrogens is 4. The summed E-state index contributed by atoms with van der Waals surface area (Å²) in [4.78, 5) is 3.97. The summed E-state index contributed by atoms with van der Waals surface area (Å²) >= 11 is 0. The van der Waals surface area contributed by atoms with Crippen molar-refractivity contribution in [3.8, 4) is 5.69 Å². The molecule has 0 saturated carbocycles. The standard InChI is InChI=1S/C14H15N5O/c1-2-4-13(5-3-1)19-10-12(9-17-19)8-15-7-6-14-16-11-18-20-14/h1-5,9-11,15H,6-8H2. The molecule has 102 valence electrons. The molecule has 0 spiro atoms. The van der Waals surface area contributed by atoms with Gasteiger partial charge in [0.2, 0.25) is 5.89 Å². The van der Waals surface area contributed by atoms with Crippen molar-refractivity contribution in [3.05, 3.63) is 60.5 Å². The average Bonchev–Trinajstić information content (AvgIpc) is 3.16. The molecule has 0 fully saturated rings. The number of nitrogens with one attached hydrogen (secondary N) is 1. The molecule has 1 aromatic carbocycles. The summed E-state index contributed by atoms with van der Waals surface area (Å²) in [6.45, 7) is 1.56. The van der Waals surface area contributed by atoms with Gasteiger partial charge in [-0.1, -0.05) is 23.4 Å². The van der Waals surface area contributed by atoms with Crippen LogP contribution in [0.25, 0.3) is 5.69 Å². The highest BCUT2D eigenvalue weighted by Crippen LogP contribution is 2.07. The number of rotatable bonds is 6. The second-order valence-electron chi connectivity index (χ2n) is 4.39. The molecular formula is C14H15N5O. The lowest BCUT2D eigenvalue weighted by atomic mass is 10.3. The lowest BCUT2D eigenvalue weighted by molar-refractivity contribution is 0.375. The first-order valence-electron chi connectivity index (χ1n) is 6.47. The molecule has 20 heavy (non-hydrogen) atoms. The Morgan fingerprint density at radius 2 is 2.10 bits per heavy atom. The van der Waals surface area contributed by atoms with E-state index >= 15 is 0 Å². The Balaban J connectivity index is 1.50. The molecule has 6 heteroatoms. The van der Waals surface area contributed by atoms with Crippen molar-refractivity contribution in [2.24, 2.45) is 0 Å². The predicted octanol–water partition coefficient (Wildman–Crippen LogP) is 1.59. The Kier molecular flexibility index (Phi) is 3.84. The monoisotopic (exact) mass is 269 g/mol. The molecule has 0 aliphatic heterocycles. The first kappa shape index (κ1) is 12.6. The lowest BCUT2D eigenvalue weighted by Crippen LogP contribution is -2.16. The van der Waals surface area contributed by atoms with Crippen molar-refractivity contribution in [2.45, 2.75) is 13.0 Å². The fourth-order valence-electron chi connectivity index (χ4n) is 1.91. The fraction of sp³-hybridized carbons (Fsp3) is 0.214. The van der Waals surface area contributed by atoms with Crippen LogP contribution in [0.4, 0.5) is 0 Å².